The summed E-state index contributed by atoms with van der Waals surface area (Å²) in [6, 6.07) is 4.43. The first-order valence-electron chi connectivity index (χ1n) is 7.16. The summed E-state index contributed by atoms with van der Waals surface area (Å²) in [6.07, 6.45) is 7.13. The van der Waals surface area contributed by atoms with E-state index >= 15 is 0 Å². The van der Waals surface area contributed by atoms with Crippen LogP contribution in [0.1, 0.15) is 48.0 Å². The quantitative estimate of drug-likeness (QED) is 0.836. The monoisotopic (exact) mass is 265 g/mol. The molecule has 1 aromatic heterocycles. The Bertz CT molecular complexity index is 395. The van der Waals surface area contributed by atoms with Crippen LogP contribution in [0.5, 0.6) is 0 Å². The normalized spacial score (nSPS) is 28.2. The number of aryl methyl sites for hydroxylation is 1. The van der Waals surface area contributed by atoms with Gasteiger partial charge in [0.25, 0.3) is 0 Å². The summed E-state index contributed by atoms with van der Waals surface area (Å²) >= 11 is 1.87. The fraction of sp³-hybridized carbons (Fsp3) is 0.733. The molecule has 100 valence electrons. The first kappa shape index (κ1) is 12.6. The lowest BCUT2D eigenvalue weighted by Crippen LogP contribution is -2.37. The highest BCUT2D eigenvalue weighted by molar-refractivity contribution is 7.12. The zero-order chi connectivity index (χ0) is 12.4. The Balaban J connectivity index is 1.68. The minimum absolute atomic E-state index is 0.269. The van der Waals surface area contributed by atoms with Crippen molar-refractivity contribution in [3.8, 4) is 0 Å². The maximum Gasteiger partial charge on any atom is 0.104 e. The molecule has 2 fully saturated rings. The van der Waals surface area contributed by atoms with Crippen LogP contribution in [0.3, 0.4) is 0 Å². The third-order valence-corrected chi connectivity index (χ3v) is 5.51. The summed E-state index contributed by atoms with van der Waals surface area (Å²) in [5.41, 5.74) is 0.430. The van der Waals surface area contributed by atoms with Gasteiger partial charge >= 0.3 is 0 Å². The second-order valence-electron chi connectivity index (χ2n) is 5.94. The van der Waals surface area contributed by atoms with Gasteiger partial charge in [0.1, 0.15) is 6.10 Å². The van der Waals surface area contributed by atoms with Crippen molar-refractivity contribution in [2.45, 2.75) is 45.1 Å². The highest BCUT2D eigenvalue weighted by Crippen LogP contribution is 2.39. The number of ether oxygens (including phenoxy) is 1. The molecule has 1 aliphatic carbocycles. The number of hydrogen-bond acceptors (Lipinski definition) is 3. The molecule has 1 aliphatic heterocycles. The Labute approximate surface area is 114 Å². The van der Waals surface area contributed by atoms with Gasteiger partial charge in [-0.3, -0.25) is 0 Å². The number of rotatable bonds is 1. The minimum Gasteiger partial charge on any atom is -0.371 e. The summed E-state index contributed by atoms with van der Waals surface area (Å²) in [7, 11) is 0. The van der Waals surface area contributed by atoms with Gasteiger partial charge < -0.3 is 10.1 Å². The second-order valence-corrected chi connectivity index (χ2v) is 7.26. The Hall–Kier alpha value is -0.380. The van der Waals surface area contributed by atoms with E-state index in [0.29, 0.717) is 5.41 Å². The van der Waals surface area contributed by atoms with Crippen LogP contribution in [-0.4, -0.2) is 19.7 Å². The van der Waals surface area contributed by atoms with Crippen LogP contribution in [0.25, 0.3) is 0 Å². The average molecular weight is 265 g/mol. The molecule has 1 atom stereocenters. The SMILES string of the molecule is Cc1ccc(C2CNCC3(CCCCC3)CO2)s1. The van der Waals surface area contributed by atoms with Crippen molar-refractivity contribution < 1.29 is 4.74 Å². The van der Waals surface area contributed by atoms with Gasteiger partial charge in [0.05, 0.1) is 6.61 Å². The summed E-state index contributed by atoms with van der Waals surface area (Å²) in [6.45, 7) is 5.23. The van der Waals surface area contributed by atoms with E-state index < -0.39 is 0 Å². The van der Waals surface area contributed by atoms with Crippen molar-refractivity contribution in [2.75, 3.05) is 19.7 Å². The fourth-order valence-electron chi connectivity index (χ4n) is 3.29. The van der Waals surface area contributed by atoms with E-state index in [9.17, 15) is 0 Å². The van der Waals surface area contributed by atoms with Crippen molar-refractivity contribution >= 4 is 11.3 Å². The third kappa shape index (κ3) is 2.63. The lowest BCUT2D eigenvalue weighted by molar-refractivity contribution is 0.0000289. The molecule has 1 spiro atoms. The molecule has 2 heterocycles. The fourth-order valence-corrected chi connectivity index (χ4v) is 4.21. The first-order chi connectivity index (χ1) is 8.77. The smallest absolute Gasteiger partial charge is 0.104 e. The number of hydrogen-bond donors (Lipinski definition) is 1. The van der Waals surface area contributed by atoms with Crippen molar-refractivity contribution in [1.29, 1.82) is 0 Å². The molecule has 2 aliphatic rings. The molecule has 1 N–H and O–H groups in total. The molecule has 1 saturated heterocycles. The van der Waals surface area contributed by atoms with Crippen LogP contribution < -0.4 is 5.32 Å². The molecule has 0 aromatic carbocycles. The maximum atomic E-state index is 6.24. The standard InChI is InChI=1S/C15H23NOS/c1-12-5-6-14(18-12)13-9-16-10-15(11-17-13)7-3-2-4-8-15/h5-6,13,16H,2-4,7-11H2,1H3. The Morgan fingerprint density at radius 1 is 1.28 bits per heavy atom. The largest absolute Gasteiger partial charge is 0.371 e. The Kier molecular flexibility index (Phi) is 3.73. The zero-order valence-electron chi connectivity index (χ0n) is 11.2. The first-order valence-corrected chi connectivity index (χ1v) is 7.98. The average Bonchev–Trinajstić information content (AvgIpc) is 2.71. The highest BCUT2D eigenvalue weighted by Gasteiger charge is 2.35. The van der Waals surface area contributed by atoms with Crippen molar-refractivity contribution in [1.82, 2.24) is 5.32 Å². The highest BCUT2D eigenvalue weighted by atomic mass is 32.1. The van der Waals surface area contributed by atoms with Crippen LogP contribution in [0.15, 0.2) is 12.1 Å². The van der Waals surface area contributed by atoms with Gasteiger partial charge in [-0.25, -0.2) is 0 Å². The number of thiophene rings is 1. The van der Waals surface area contributed by atoms with Crippen molar-refractivity contribution in [2.24, 2.45) is 5.41 Å². The predicted molar refractivity (Wildman–Crippen MR) is 76.1 cm³/mol. The molecular formula is C15H23NOS. The lowest BCUT2D eigenvalue weighted by atomic mass is 9.75. The maximum absolute atomic E-state index is 6.24. The molecule has 3 heteroatoms. The van der Waals surface area contributed by atoms with Gasteiger partial charge in [-0.2, -0.15) is 0 Å². The second kappa shape index (κ2) is 5.32. The molecule has 0 radical (unpaired) electrons. The van der Waals surface area contributed by atoms with E-state index in [1.807, 2.05) is 11.3 Å². The van der Waals surface area contributed by atoms with E-state index in [1.165, 1.54) is 41.9 Å². The molecule has 18 heavy (non-hydrogen) atoms. The van der Waals surface area contributed by atoms with Gasteiger partial charge in [0, 0.05) is 28.3 Å². The predicted octanol–water partition coefficient (Wildman–Crippen LogP) is 3.67. The molecule has 3 rings (SSSR count). The van der Waals surface area contributed by atoms with Crippen LogP contribution in [0, 0.1) is 12.3 Å². The summed E-state index contributed by atoms with van der Waals surface area (Å²) in [4.78, 5) is 2.76. The Morgan fingerprint density at radius 3 is 2.83 bits per heavy atom. The molecule has 1 aromatic rings. The van der Waals surface area contributed by atoms with Gasteiger partial charge in [-0.15, -0.1) is 11.3 Å². The molecule has 2 nitrogen and oxygen atoms in total. The van der Waals surface area contributed by atoms with Crippen molar-refractivity contribution in [3.05, 3.63) is 21.9 Å². The molecule has 1 unspecified atom stereocenters. The zero-order valence-corrected chi connectivity index (χ0v) is 12.0. The van der Waals surface area contributed by atoms with Gasteiger partial charge in [-0.1, -0.05) is 19.3 Å². The molecule has 1 saturated carbocycles. The van der Waals surface area contributed by atoms with Crippen LogP contribution >= 0.6 is 11.3 Å². The van der Waals surface area contributed by atoms with Crippen LogP contribution in [0.4, 0.5) is 0 Å². The topological polar surface area (TPSA) is 21.3 Å². The van der Waals surface area contributed by atoms with E-state index in [-0.39, 0.29) is 6.10 Å². The summed E-state index contributed by atoms with van der Waals surface area (Å²) in [5, 5.41) is 3.65. The molecule has 0 amide bonds. The minimum atomic E-state index is 0.269. The van der Waals surface area contributed by atoms with E-state index in [0.717, 1.165) is 19.7 Å². The van der Waals surface area contributed by atoms with E-state index in [2.05, 4.69) is 24.4 Å². The third-order valence-electron chi connectivity index (χ3n) is 4.41. The molecule has 0 bridgehead atoms. The summed E-state index contributed by atoms with van der Waals surface area (Å²) in [5.74, 6) is 0. The lowest BCUT2D eigenvalue weighted by Gasteiger charge is -2.35. The van der Waals surface area contributed by atoms with Gasteiger partial charge in [0.15, 0.2) is 0 Å². The van der Waals surface area contributed by atoms with Gasteiger partial charge in [-0.05, 0) is 31.9 Å². The van der Waals surface area contributed by atoms with E-state index in [1.54, 1.807) is 0 Å². The molecular weight excluding hydrogens is 242 g/mol. The van der Waals surface area contributed by atoms with Gasteiger partial charge in [0.2, 0.25) is 0 Å². The van der Waals surface area contributed by atoms with Crippen molar-refractivity contribution in [3.63, 3.8) is 0 Å². The summed E-state index contributed by atoms with van der Waals surface area (Å²) < 4.78 is 6.24. The Morgan fingerprint density at radius 2 is 2.11 bits per heavy atom. The van der Waals surface area contributed by atoms with Crippen LogP contribution in [-0.2, 0) is 4.74 Å². The van der Waals surface area contributed by atoms with Crippen LogP contribution in [0.2, 0.25) is 0 Å². The van der Waals surface area contributed by atoms with E-state index in [4.69, 9.17) is 4.74 Å². The number of nitrogens with one attached hydrogen (secondary N) is 1.